The number of benzene rings is 1. The molecule has 0 radical (unpaired) electrons. The summed E-state index contributed by atoms with van der Waals surface area (Å²) in [5, 5.41) is 0. The van der Waals surface area contributed by atoms with Crippen LogP contribution in [0.15, 0.2) is 24.3 Å². The van der Waals surface area contributed by atoms with Gasteiger partial charge in [-0.25, -0.2) is 0 Å². The van der Waals surface area contributed by atoms with Crippen molar-refractivity contribution in [1.82, 2.24) is 0 Å². The molecule has 0 aliphatic carbocycles. The Labute approximate surface area is 108 Å². The molecule has 0 bridgehead atoms. The van der Waals surface area contributed by atoms with Crippen LogP contribution in [0.3, 0.4) is 0 Å². The number of fused-ring (bicyclic) bond motifs is 1. The number of ether oxygens (including phenoxy) is 2. The van der Waals surface area contributed by atoms with Crippen LogP contribution < -0.4 is 10.5 Å². The number of rotatable bonds is 1. The first-order valence-electron chi connectivity index (χ1n) is 6.87. The topological polar surface area (TPSA) is 44.5 Å². The lowest BCUT2D eigenvalue weighted by Crippen LogP contribution is -2.49. The van der Waals surface area contributed by atoms with Crippen LogP contribution >= 0.6 is 0 Å². The van der Waals surface area contributed by atoms with Crippen LogP contribution in [0.2, 0.25) is 0 Å². The number of para-hydroxylation sites is 1. The minimum Gasteiger partial charge on any atom is -0.487 e. The Balaban J connectivity index is 1.88. The molecule has 2 unspecified atom stereocenters. The number of hydrogen-bond acceptors (Lipinski definition) is 3. The molecule has 1 spiro atoms. The highest BCUT2D eigenvalue weighted by Crippen LogP contribution is 2.44. The van der Waals surface area contributed by atoms with Gasteiger partial charge in [0.25, 0.3) is 0 Å². The first-order valence-corrected chi connectivity index (χ1v) is 6.87. The largest absolute Gasteiger partial charge is 0.487 e. The predicted molar refractivity (Wildman–Crippen MR) is 70.6 cm³/mol. The van der Waals surface area contributed by atoms with Gasteiger partial charge in [-0.1, -0.05) is 25.1 Å². The van der Waals surface area contributed by atoms with Crippen molar-refractivity contribution < 1.29 is 9.47 Å². The van der Waals surface area contributed by atoms with Crippen molar-refractivity contribution in [3.8, 4) is 5.75 Å². The summed E-state index contributed by atoms with van der Waals surface area (Å²) in [6.45, 7) is 2.95. The van der Waals surface area contributed by atoms with E-state index in [0.717, 1.165) is 43.6 Å². The minimum absolute atomic E-state index is 0.0885. The first kappa shape index (κ1) is 12.0. The molecule has 0 saturated carbocycles. The summed E-state index contributed by atoms with van der Waals surface area (Å²) in [5.74, 6) is 0.966. The Kier molecular flexibility index (Phi) is 3.04. The summed E-state index contributed by atoms with van der Waals surface area (Å²) in [6.07, 6.45) is 4.18. The van der Waals surface area contributed by atoms with E-state index in [1.54, 1.807) is 0 Å². The Bertz CT molecular complexity index is 434. The summed E-state index contributed by atoms with van der Waals surface area (Å²) in [7, 11) is 0. The zero-order valence-electron chi connectivity index (χ0n) is 10.9. The van der Waals surface area contributed by atoms with Gasteiger partial charge in [-0.3, -0.25) is 0 Å². The standard InChI is InChI=1S/C15H21NO2/c1-2-11-9-15(7-8-17-11)10-13(16)12-5-3-4-6-14(12)18-15/h3-6,11,13H,2,7-10,16H2,1H3/t11?,13-,15?/m0/s1. The van der Waals surface area contributed by atoms with Crippen molar-refractivity contribution in [1.29, 1.82) is 0 Å². The lowest BCUT2D eigenvalue weighted by Gasteiger charge is -2.45. The molecule has 0 aromatic heterocycles. The van der Waals surface area contributed by atoms with Gasteiger partial charge in [-0.2, -0.15) is 0 Å². The second kappa shape index (κ2) is 4.56. The second-order valence-electron chi connectivity index (χ2n) is 5.49. The molecule has 2 N–H and O–H groups in total. The third-order valence-electron chi connectivity index (χ3n) is 4.20. The van der Waals surface area contributed by atoms with E-state index in [9.17, 15) is 0 Å². The third-order valence-corrected chi connectivity index (χ3v) is 4.20. The maximum absolute atomic E-state index is 6.32. The zero-order valence-corrected chi connectivity index (χ0v) is 10.9. The van der Waals surface area contributed by atoms with Crippen molar-refractivity contribution >= 4 is 0 Å². The summed E-state index contributed by atoms with van der Waals surface area (Å²) >= 11 is 0. The van der Waals surface area contributed by atoms with Crippen LogP contribution in [0.4, 0.5) is 0 Å². The molecule has 2 aliphatic heterocycles. The Morgan fingerprint density at radius 3 is 3.00 bits per heavy atom. The quantitative estimate of drug-likeness (QED) is 0.830. The molecule has 2 aliphatic rings. The molecule has 3 rings (SSSR count). The highest BCUT2D eigenvalue weighted by Gasteiger charge is 2.43. The molecule has 1 saturated heterocycles. The molecule has 1 fully saturated rings. The maximum atomic E-state index is 6.32. The molecule has 1 aromatic rings. The van der Waals surface area contributed by atoms with Crippen molar-refractivity contribution in [3.63, 3.8) is 0 Å². The fraction of sp³-hybridized carbons (Fsp3) is 0.600. The van der Waals surface area contributed by atoms with Gasteiger partial charge in [0.15, 0.2) is 0 Å². The Morgan fingerprint density at radius 2 is 2.17 bits per heavy atom. The van der Waals surface area contributed by atoms with E-state index in [1.165, 1.54) is 0 Å². The molecule has 18 heavy (non-hydrogen) atoms. The lowest BCUT2D eigenvalue weighted by molar-refractivity contribution is -0.102. The molecular weight excluding hydrogens is 226 g/mol. The fourth-order valence-electron chi connectivity index (χ4n) is 3.19. The summed E-state index contributed by atoms with van der Waals surface area (Å²) in [5.41, 5.74) is 7.35. The van der Waals surface area contributed by atoms with Gasteiger partial charge in [-0.15, -0.1) is 0 Å². The Morgan fingerprint density at radius 1 is 1.33 bits per heavy atom. The van der Waals surface area contributed by atoms with E-state index in [4.69, 9.17) is 15.2 Å². The van der Waals surface area contributed by atoms with E-state index >= 15 is 0 Å². The van der Waals surface area contributed by atoms with Crippen LogP contribution in [0.5, 0.6) is 5.75 Å². The SMILES string of the molecule is CCC1CC2(CCO1)C[C@H](N)c1ccccc1O2. The Hall–Kier alpha value is -1.06. The molecular formula is C15H21NO2. The number of hydrogen-bond donors (Lipinski definition) is 1. The van der Waals surface area contributed by atoms with Crippen molar-refractivity contribution in [3.05, 3.63) is 29.8 Å². The van der Waals surface area contributed by atoms with Gasteiger partial charge in [0.1, 0.15) is 11.4 Å². The molecule has 2 heterocycles. The van der Waals surface area contributed by atoms with E-state index in [2.05, 4.69) is 13.0 Å². The van der Waals surface area contributed by atoms with Crippen LogP contribution in [0.1, 0.15) is 44.2 Å². The van der Waals surface area contributed by atoms with Gasteiger partial charge < -0.3 is 15.2 Å². The average Bonchev–Trinajstić information content (AvgIpc) is 2.38. The molecule has 3 heteroatoms. The molecule has 3 nitrogen and oxygen atoms in total. The smallest absolute Gasteiger partial charge is 0.124 e. The van der Waals surface area contributed by atoms with Crippen LogP contribution in [0.25, 0.3) is 0 Å². The predicted octanol–water partition coefficient (Wildman–Crippen LogP) is 2.80. The fourth-order valence-corrected chi connectivity index (χ4v) is 3.19. The lowest BCUT2D eigenvalue weighted by atomic mass is 9.80. The summed E-state index contributed by atoms with van der Waals surface area (Å²) in [4.78, 5) is 0. The van der Waals surface area contributed by atoms with Crippen molar-refractivity contribution in [2.24, 2.45) is 5.73 Å². The van der Waals surface area contributed by atoms with E-state index < -0.39 is 0 Å². The van der Waals surface area contributed by atoms with E-state index in [-0.39, 0.29) is 11.6 Å². The van der Waals surface area contributed by atoms with Gasteiger partial charge >= 0.3 is 0 Å². The van der Waals surface area contributed by atoms with E-state index in [1.807, 2.05) is 18.2 Å². The van der Waals surface area contributed by atoms with Crippen molar-refractivity contribution in [2.75, 3.05) is 6.61 Å². The van der Waals surface area contributed by atoms with E-state index in [0.29, 0.717) is 6.10 Å². The highest BCUT2D eigenvalue weighted by atomic mass is 16.5. The molecule has 98 valence electrons. The second-order valence-corrected chi connectivity index (χ2v) is 5.49. The minimum atomic E-state index is -0.104. The van der Waals surface area contributed by atoms with Gasteiger partial charge in [0.2, 0.25) is 0 Å². The zero-order chi connectivity index (χ0) is 12.6. The van der Waals surface area contributed by atoms with Gasteiger partial charge in [-0.05, 0) is 12.5 Å². The maximum Gasteiger partial charge on any atom is 0.124 e. The normalized spacial score (nSPS) is 35.0. The summed E-state index contributed by atoms with van der Waals surface area (Å²) < 4.78 is 12.1. The first-order chi connectivity index (χ1) is 8.72. The van der Waals surface area contributed by atoms with Crippen LogP contribution in [-0.4, -0.2) is 18.3 Å². The van der Waals surface area contributed by atoms with Crippen LogP contribution in [0, 0.1) is 0 Å². The molecule has 0 amide bonds. The van der Waals surface area contributed by atoms with Crippen molar-refractivity contribution in [2.45, 2.75) is 50.4 Å². The third kappa shape index (κ3) is 2.02. The van der Waals surface area contributed by atoms with Gasteiger partial charge in [0, 0.05) is 30.9 Å². The average molecular weight is 247 g/mol. The highest BCUT2D eigenvalue weighted by molar-refractivity contribution is 5.38. The van der Waals surface area contributed by atoms with Crippen LogP contribution in [-0.2, 0) is 4.74 Å². The molecule has 1 aromatic carbocycles. The summed E-state index contributed by atoms with van der Waals surface area (Å²) in [6, 6.07) is 8.24. The molecule has 3 atom stereocenters. The van der Waals surface area contributed by atoms with Gasteiger partial charge in [0.05, 0.1) is 12.7 Å². The number of nitrogens with two attached hydrogens (primary N) is 1. The monoisotopic (exact) mass is 247 g/mol.